The topological polar surface area (TPSA) is 75.8 Å². The minimum atomic E-state index is -0.435. The average molecular weight is 420 g/mol. The lowest BCUT2D eigenvalue weighted by Gasteiger charge is -2.30. The number of benzene rings is 3. The van der Waals surface area contributed by atoms with Crippen LogP contribution in [0.1, 0.15) is 30.5 Å². The maximum absolute atomic E-state index is 12.7. The molecule has 1 aliphatic rings. The molecular formula is C23H18ClN3O3. The zero-order valence-corrected chi connectivity index (χ0v) is 16.9. The first kappa shape index (κ1) is 19.8. The highest BCUT2D eigenvalue weighted by atomic mass is 35.5. The lowest BCUT2D eigenvalue weighted by Crippen LogP contribution is -2.33. The fourth-order valence-electron chi connectivity index (χ4n) is 3.69. The van der Waals surface area contributed by atoms with E-state index in [4.69, 9.17) is 16.6 Å². The quantitative estimate of drug-likeness (QED) is 0.393. The van der Waals surface area contributed by atoms with Crippen LogP contribution in [0.15, 0.2) is 77.8 Å². The van der Waals surface area contributed by atoms with Gasteiger partial charge in [-0.1, -0.05) is 48.0 Å². The van der Waals surface area contributed by atoms with E-state index in [1.165, 1.54) is 19.1 Å². The fraction of sp³-hybridized carbons (Fsp3) is 0.130. The van der Waals surface area contributed by atoms with E-state index in [2.05, 4.69) is 0 Å². The maximum Gasteiger partial charge on any atom is 0.269 e. The van der Waals surface area contributed by atoms with Crippen molar-refractivity contribution >= 4 is 40.3 Å². The lowest BCUT2D eigenvalue weighted by atomic mass is 9.95. The number of nitro groups is 1. The zero-order chi connectivity index (χ0) is 21.3. The highest BCUT2D eigenvalue weighted by molar-refractivity contribution is 6.30. The Hall–Kier alpha value is -3.51. The summed E-state index contributed by atoms with van der Waals surface area (Å²) in [6.45, 7) is 1.52. The molecule has 0 saturated carbocycles. The van der Waals surface area contributed by atoms with Gasteiger partial charge in [0.15, 0.2) is 0 Å². The first-order valence-electron chi connectivity index (χ1n) is 9.41. The second-order valence-electron chi connectivity index (χ2n) is 7.01. The van der Waals surface area contributed by atoms with Gasteiger partial charge < -0.3 is 4.90 Å². The summed E-state index contributed by atoms with van der Waals surface area (Å²) in [4.78, 5) is 29.9. The number of para-hydroxylation sites is 2. The van der Waals surface area contributed by atoms with Crippen molar-refractivity contribution < 1.29 is 9.72 Å². The van der Waals surface area contributed by atoms with Gasteiger partial charge in [0.05, 0.1) is 28.1 Å². The number of hydrogen-bond acceptors (Lipinski definition) is 4. The van der Waals surface area contributed by atoms with E-state index < -0.39 is 4.92 Å². The van der Waals surface area contributed by atoms with E-state index in [9.17, 15) is 14.9 Å². The summed E-state index contributed by atoms with van der Waals surface area (Å²) < 4.78 is 0. The van der Waals surface area contributed by atoms with Crippen molar-refractivity contribution in [2.45, 2.75) is 19.4 Å². The predicted octanol–water partition coefficient (Wildman–Crippen LogP) is 5.87. The van der Waals surface area contributed by atoms with E-state index in [-0.39, 0.29) is 17.6 Å². The molecule has 0 aromatic heterocycles. The molecule has 0 bridgehead atoms. The number of carbonyl (C=O) groups excluding carboxylic acids is 1. The van der Waals surface area contributed by atoms with Gasteiger partial charge in [0, 0.05) is 30.5 Å². The second kappa shape index (κ2) is 8.08. The summed E-state index contributed by atoms with van der Waals surface area (Å²) in [6, 6.07) is 20.9. The SMILES string of the molecule is CC(=O)N1c2ccccc2N=C(c2ccc(Cl)cc2)C[C@@H]1c1ccc([N+](=O)[O-])cc1. The number of rotatable bonds is 3. The first-order valence-corrected chi connectivity index (χ1v) is 9.78. The van der Waals surface area contributed by atoms with Crippen molar-refractivity contribution in [3.05, 3.63) is 99.1 Å². The number of nitro benzene ring substituents is 1. The second-order valence-corrected chi connectivity index (χ2v) is 7.45. The van der Waals surface area contributed by atoms with Crippen molar-refractivity contribution in [3.8, 4) is 0 Å². The van der Waals surface area contributed by atoms with Crippen LogP contribution in [0.4, 0.5) is 17.1 Å². The largest absolute Gasteiger partial charge is 0.303 e. The van der Waals surface area contributed by atoms with Gasteiger partial charge >= 0.3 is 0 Å². The molecule has 0 saturated heterocycles. The van der Waals surface area contributed by atoms with Gasteiger partial charge in [-0.05, 0) is 35.4 Å². The third-order valence-electron chi connectivity index (χ3n) is 5.10. The number of fused-ring (bicyclic) bond motifs is 1. The molecule has 4 rings (SSSR count). The average Bonchev–Trinajstić information content (AvgIpc) is 2.91. The number of non-ortho nitro benzene ring substituents is 1. The van der Waals surface area contributed by atoms with Crippen LogP contribution in [0.25, 0.3) is 0 Å². The highest BCUT2D eigenvalue weighted by Crippen LogP contribution is 2.41. The van der Waals surface area contributed by atoms with Gasteiger partial charge in [0.1, 0.15) is 0 Å². The number of amides is 1. The van der Waals surface area contributed by atoms with Gasteiger partial charge in [-0.3, -0.25) is 19.9 Å². The summed E-state index contributed by atoms with van der Waals surface area (Å²) in [7, 11) is 0. The van der Waals surface area contributed by atoms with Crippen molar-refractivity contribution in [2.75, 3.05) is 4.90 Å². The number of halogens is 1. The molecule has 0 fully saturated rings. The Labute approximate surface area is 178 Å². The van der Waals surface area contributed by atoms with Gasteiger partial charge in [-0.2, -0.15) is 0 Å². The van der Waals surface area contributed by atoms with Gasteiger partial charge in [-0.25, -0.2) is 0 Å². The van der Waals surface area contributed by atoms with Crippen molar-refractivity contribution in [2.24, 2.45) is 4.99 Å². The zero-order valence-electron chi connectivity index (χ0n) is 16.2. The molecule has 30 heavy (non-hydrogen) atoms. The van der Waals surface area contributed by atoms with Crippen LogP contribution in [0.5, 0.6) is 0 Å². The van der Waals surface area contributed by atoms with Crippen LogP contribution in [-0.2, 0) is 4.79 Å². The highest BCUT2D eigenvalue weighted by Gasteiger charge is 2.31. The Bertz CT molecular complexity index is 1140. The summed E-state index contributed by atoms with van der Waals surface area (Å²) in [5, 5.41) is 11.7. The third kappa shape index (κ3) is 3.82. The lowest BCUT2D eigenvalue weighted by molar-refractivity contribution is -0.384. The minimum absolute atomic E-state index is 0.00809. The van der Waals surface area contributed by atoms with Gasteiger partial charge in [0.25, 0.3) is 5.69 Å². The number of hydrogen-bond donors (Lipinski definition) is 0. The summed E-state index contributed by atoms with van der Waals surface area (Å²) in [5.41, 5.74) is 3.93. The standard InChI is InChI=1S/C23H18ClN3O3/c1-15(28)26-22-5-3-2-4-20(22)25-21(16-6-10-18(24)11-7-16)14-23(26)17-8-12-19(13-9-17)27(29)30/h2-13,23H,14H2,1H3/t23-/m1/s1. The van der Waals surface area contributed by atoms with E-state index in [1.54, 1.807) is 29.2 Å². The van der Waals surface area contributed by atoms with Gasteiger partial charge in [-0.15, -0.1) is 0 Å². The molecule has 3 aromatic rings. The number of carbonyl (C=O) groups is 1. The fourth-order valence-corrected chi connectivity index (χ4v) is 3.82. The summed E-state index contributed by atoms with van der Waals surface area (Å²) in [5.74, 6) is -0.127. The molecular weight excluding hydrogens is 402 g/mol. The molecule has 0 unspecified atom stereocenters. The normalized spacial score (nSPS) is 15.7. The monoisotopic (exact) mass is 419 g/mol. The van der Waals surface area contributed by atoms with Crippen molar-refractivity contribution in [1.82, 2.24) is 0 Å². The number of nitrogens with zero attached hydrogens (tertiary/aromatic N) is 3. The molecule has 0 aliphatic carbocycles. The summed E-state index contributed by atoms with van der Waals surface area (Å²) >= 11 is 6.05. The molecule has 0 radical (unpaired) electrons. The Morgan fingerprint density at radius 1 is 1.07 bits per heavy atom. The molecule has 1 aliphatic heterocycles. The summed E-state index contributed by atoms with van der Waals surface area (Å²) in [6.07, 6.45) is 0.452. The van der Waals surface area contributed by atoms with Gasteiger partial charge in [0.2, 0.25) is 5.91 Å². The smallest absolute Gasteiger partial charge is 0.269 e. The van der Waals surface area contributed by atoms with Crippen LogP contribution in [0, 0.1) is 10.1 Å². The molecule has 7 heteroatoms. The van der Waals surface area contributed by atoms with E-state index in [0.717, 1.165) is 16.8 Å². The third-order valence-corrected chi connectivity index (χ3v) is 5.35. The molecule has 3 aromatic carbocycles. The van der Waals surface area contributed by atoms with Crippen LogP contribution < -0.4 is 4.90 Å². The van der Waals surface area contributed by atoms with Crippen LogP contribution >= 0.6 is 11.6 Å². The van der Waals surface area contributed by atoms with E-state index in [0.29, 0.717) is 22.8 Å². The molecule has 1 atom stereocenters. The van der Waals surface area contributed by atoms with Crippen LogP contribution in [-0.4, -0.2) is 16.5 Å². The Morgan fingerprint density at radius 2 is 1.73 bits per heavy atom. The van der Waals surface area contributed by atoms with E-state index in [1.807, 2.05) is 36.4 Å². The number of anilines is 1. The molecule has 0 N–H and O–H groups in total. The molecule has 0 spiro atoms. The predicted molar refractivity (Wildman–Crippen MR) is 118 cm³/mol. The van der Waals surface area contributed by atoms with Crippen molar-refractivity contribution in [1.29, 1.82) is 0 Å². The molecule has 150 valence electrons. The molecule has 6 nitrogen and oxygen atoms in total. The Morgan fingerprint density at radius 3 is 2.37 bits per heavy atom. The van der Waals surface area contributed by atoms with Crippen molar-refractivity contribution in [3.63, 3.8) is 0 Å². The first-order chi connectivity index (χ1) is 14.4. The Kier molecular flexibility index (Phi) is 5.33. The van der Waals surface area contributed by atoms with Crippen LogP contribution in [0.3, 0.4) is 0 Å². The molecule has 1 heterocycles. The van der Waals surface area contributed by atoms with E-state index >= 15 is 0 Å². The molecule has 1 amide bonds. The number of aliphatic imine (C=N–C) groups is 1. The minimum Gasteiger partial charge on any atom is -0.303 e. The van der Waals surface area contributed by atoms with Crippen LogP contribution in [0.2, 0.25) is 5.02 Å². The Balaban J connectivity index is 1.86. The maximum atomic E-state index is 12.7.